The SMILES string of the molecule is OCCCCN=Nc1cccc(OC(F)(F)F)c1. The first-order valence-electron chi connectivity index (χ1n) is 5.35. The van der Waals surface area contributed by atoms with Crippen molar-refractivity contribution in [1.29, 1.82) is 0 Å². The van der Waals surface area contributed by atoms with Crippen LogP contribution in [0.2, 0.25) is 0 Å². The minimum atomic E-state index is -4.71. The van der Waals surface area contributed by atoms with Gasteiger partial charge in [-0.2, -0.15) is 10.2 Å². The Balaban J connectivity index is 2.54. The number of ether oxygens (including phenoxy) is 1. The molecule has 1 aromatic carbocycles. The molecule has 1 N–H and O–H groups in total. The van der Waals surface area contributed by atoms with Gasteiger partial charge in [-0.15, -0.1) is 13.2 Å². The van der Waals surface area contributed by atoms with Gasteiger partial charge in [0.05, 0.1) is 12.2 Å². The predicted octanol–water partition coefficient (Wildman–Crippen LogP) is 3.44. The normalized spacial score (nSPS) is 12.0. The molecule has 7 heteroatoms. The summed E-state index contributed by atoms with van der Waals surface area (Å²) < 4.78 is 39.6. The maximum Gasteiger partial charge on any atom is 0.573 e. The predicted molar refractivity (Wildman–Crippen MR) is 58.8 cm³/mol. The molecule has 0 bridgehead atoms. The number of alkyl halides is 3. The van der Waals surface area contributed by atoms with Crippen LogP contribution < -0.4 is 4.74 Å². The van der Waals surface area contributed by atoms with Gasteiger partial charge in [0, 0.05) is 12.7 Å². The van der Waals surface area contributed by atoms with Gasteiger partial charge < -0.3 is 9.84 Å². The Morgan fingerprint density at radius 1 is 1.22 bits per heavy atom. The van der Waals surface area contributed by atoms with E-state index in [-0.39, 0.29) is 12.4 Å². The molecule has 0 aliphatic carbocycles. The van der Waals surface area contributed by atoms with E-state index in [9.17, 15) is 13.2 Å². The Kier molecular flexibility index (Phi) is 5.57. The van der Waals surface area contributed by atoms with E-state index < -0.39 is 6.36 Å². The van der Waals surface area contributed by atoms with Crippen LogP contribution in [-0.4, -0.2) is 24.6 Å². The third-order valence-electron chi connectivity index (χ3n) is 1.90. The van der Waals surface area contributed by atoms with Crippen LogP contribution in [0.25, 0.3) is 0 Å². The van der Waals surface area contributed by atoms with Gasteiger partial charge in [0.2, 0.25) is 0 Å². The van der Waals surface area contributed by atoms with Gasteiger partial charge in [0.1, 0.15) is 5.75 Å². The monoisotopic (exact) mass is 262 g/mol. The molecule has 0 aliphatic heterocycles. The van der Waals surface area contributed by atoms with Crippen LogP contribution in [0.1, 0.15) is 12.8 Å². The van der Waals surface area contributed by atoms with Crippen LogP contribution >= 0.6 is 0 Å². The number of hydrogen-bond acceptors (Lipinski definition) is 4. The molecule has 0 fully saturated rings. The number of nitrogens with zero attached hydrogens (tertiary/aromatic N) is 2. The highest BCUT2D eigenvalue weighted by atomic mass is 19.4. The minimum Gasteiger partial charge on any atom is -0.406 e. The zero-order valence-corrected chi connectivity index (χ0v) is 9.52. The number of hydrogen-bond donors (Lipinski definition) is 1. The van der Waals surface area contributed by atoms with Crippen molar-refractivity contribution in [2.24, 2.45) is 10.2 Å². The van der Waals surface area contributed by atoms with Gasteiger partial charge in [-0.1, -0.05) is 6.07 Å². The van der Waals surface area contributed by atoms with E-state index >= 15 is 0 Å². The van der Waals surface area contributed by atoms with E-state index in [1.165, 1.54) is 18.2 Å². The van der Waals surface area contributed by atoms with Crippen molar-refractivity contribution >= 4 is 5.69 Å². The summed E-state index contributed by atoms with van der Waals surface area (Å²) in [5.41, 5.74) is 0.292. The van der Waals surface area contributed by atoms with Crippen molar-refractivity contribution in [3.8, 4) is 5.75 Å². The van der Waals surface area contributed by atoms with Crippen molar-refractivity contribution in [2.75, 3.05) is 13.2 Å². The molecule has 0 aromatic heterocycles. The van der Waals surface area contributed by atoms with Crippen molar-refractivity contribution in [3.63, 3.8) is 0 Å². The van der Waals surface area contributed by atoms with Gasteiger partial charge in [0.15, 0.2) is 0 Å². The smallest absolute Gasteiger partial charge is 0.406 e. The van der Waals surface area contributed by atoms with E-state index in [0.29, 0.717) is 25.1 Å². The zero-order valence-electron chi connectivity index (χ0n) is 9.52. The van der Waals surface area contributed by atoms with Gasteiger partial charge in [-0.3, -0.25) is 0 Å². The molecule has 0 spiro atoms. The first-order chi connectivity index (χ1) is 8.51. The van der Waals surface area contributed by atoms with Gasteiger partial charge in [-0.25, -0.2) is 0 Å². The highest BCUT2D eigenvalue weighted by Gasteiger charge is 2.31. The average molecular weight is 262 g/mol. The summed E-state index contributed by atoms with van der Waals surface area (Å²) in [6.45, 7) is 0.509. The largest absolute Gasteiger partial charge is 0.573 e. The summed E-state index contributed by atoms with van der Waals surface area (Å²) in [7, 11) is 0. The van der Waals surface area contributed by atoms with E-state index in [0.717, 1.165) is 6.07 Å². The molecule has 18 heavy (non-hydrogen) atoms. The maximum atomic E-state index is 12.0. The van der Waals surface area contributed by atoms with Crippen LogP contribution in [0.15, 0.2) is 34.5 Å². The van der Waals surface area contributed by atoms with Crippen LogP contribution in [0.5, 0.6) is 5.75 Å². The summed E-state index contributed by atoms with van der Waals surface area (Å²) in [6, 6.07) is 5.28. The molecule has 100 valence electrons. The highest BCUT2D eigenvalue weighted by molar-refractivity contribution is 5.42. The first kappa shape index (κ1) is 14.4. The Hall–Kier alpha value is -1.63. The quantitative estimate of drug-likeness (QED) is 0.630. The maximum absolute atomic E-state index is 12.0. The van der Waals surface area contributed by atoms with E-state index in [2.05, 4.69) is 15.0 Å². The Morgan fingerprint density at radius 3 is 2.67 bits per heavy atom. The summed E-state index contributed by atoms with van der Waals surface area (Å²) in [6.07, 6.45) is -3.41. The molecule has 0 saturated heterocycles. The third-order valence-corrected chi connectivity index (χ3v) is 1.90. The van der Waals surface area contributed by atoms with Crippen molar-refractivity contribution in [1.82, 2.24) is 0 Å². The summed E-state index contributed by atoms with van der Waals surface area (Å²) in [5, 5.41) is 16.1. The molecule has 0 saturated carbocycles. The summed E-state index contributed by atoms with van der Waals surface area (Å²) in [5.74, 6) is -0.325. The third kappa shape index (κ3) is 6.19. The van der Waals surface area contributed by atoms with Crippen LogP contribution in [0.4, 0.5) is 18.9 Å². The molecule has 0 amide bonds. The van der Waals surface area contributed by atoms with E-state index in [1.807, 2.05) is 0 Å². The van der Waals surface area contributed by atoms with Gasteiger partial charge in [0.25, 0.3) is 0 Å². The summed E-state index contributed by atoms with van der Waals surface area (Å²) >= 11 is 0. The topological polar surface area (TPSA) is 54.2 Å². The molecule has 4 nitrogen and oxygen atoms in total. The number of aliphatic hydroxyl groups is 1. The first-order valence-corrected chi connectivity index (χ1v) is 5.35. The molecule has 1 aromatic rings. The molecule has 0 aliphatic rings. The Labute approximate surface area is 102 Å². The number of azo groups is 1. The molecule has 0 heterocycles. The molecule has 0 radical (unpaired) electrons. The van der Waals surface area contributed by atoms with Gasteiger partial charge in [-0.05, 0) is 25.0 Å². The van der Waals surface area contributed by atoms with E-state index in [1.54, 1.807) is 0 Å². The fourth-order valence-electron chi connectivity index (χ4n) is 1.17. The lowest BCUT2D eigenvalue weighted by Gasteiger charge is -2.08. The fourth-order valence-corrected chi connectivity index (χ4v) is 1.17. The fraction of sp³-hybridized carbons (Fsp3) is 0.455. The lowest BCUT2D eigenvalue weighted by atomic mass is 10.3. The van der Waals surface area contributed by atoms with Crippen LogP contribution in [0, 0.1) is 0 Å². The van der Waals surface area contributed by atoms with Crippen molar-refractivity contribution in [2.45, 2.75) is 19.2 Å². The molecular weight excluding hydrogens is 249 g/mol. The van der Waals surface area contributed by atoms with Gasteiger partial charge >= 0.3 is 6.36 Å². The average Bonchev–Trinajstić information content (AvgIpc) is 2.27. The summed E-state index contributed by atoms with van der Waals surface area (Å²) in [4.78, 5) is 0. The molecule has 0 unspecified atom stereocenters. The Morgan fingerprint density at radius 2 is 2.00 bits per heavy atom. The van der Waals surface area contributed by atoms with Crippen molar-refractivity contribution in [3.05, 3.63) is 24.3 Å². The number of aliphatic hydroxyl groups excluding tert-OH is 1. The molecule has 0 atom stereocenters. The lowest BCUT2D eigenvalue weighted by Crippen LogP contribution is -2.16. The second-order valence-corrected chi connectivity index (χ2v) is 3.44. The number of rotatable bonds is 6. The molecular formula is C11H13F3N2O2. The number of unbranched alkanes of at least 4 members (excludes halogenated alkanes) is 1. The van der Waals surface area contributed by atoms with Crippen molar-refractivity contribution < 1.29 is 23.0 Å². The van der Waals surface area contributed by atoms with Crippen LogP contribution in [0.3, 0.4) is 0 Å². The zero-order chi connectivity index (χ0) is 13.4. The highest BCUT2D eigenvalue weighted by Crippen LogP contribution is 2.26. The van der Waals surface area contributed by atoms with E-state index in [4.69, 9.17) is 5.11 Å². The second kappa shape index (κ2) is 6.95. The molecule has 1 rings (SSSR count). The number of benzene rings is 1. The standard InChI is InChI=1S/C11H13F3N2O2/c12-11(13,14)18-10-5-3-4-9(8-10)16-15-6-1-2-7-17/h3-5,8,17H,1-2,6-7H2. The Bertz CT molecular complexity index is 394. The van der Waals surface area contributed by atoms with Crippen LogP contribution in [-0.2, 0) is 0 Å². The second-order valence-electron chi connectivity index (χ2n) is 3.44. The lowest BCUT2D eigenvalue weighted by molar-refractivity contribution is -0.274. The number of halogens is 3. The minimum absolute atomic E-state index is 0.0877.